The number of anilines is 1. The van der Waals surface area contributed by atoms with Crippen LogP contribution in [0.1, 0.15) is 49.1 Å². The molecule has 1 atom stereocenters. The highest BCUT2D eigenvalue weighted by Gasteiger charge is 2.48. The summed E-state index contributed by atoms with van der Waals surface area (Å²) in [4.78, 5) is 31.9. The van der Waals surface area contributed by atoms with Crippen molar-refractivity contribution in [2.45, 2.75) is 39.2 Å². The number of benzene rings is 3. The summed E-state index contributed by atoms with van der Waals surface area (Å²) in [6.07, 6.45) is 1.78. The van der Waals surface area contributed by atoms with E-state index in [1.54, 1.807) is 30.5 Å². The number of amides is 1. The van der Waals surface area contributed by atoms with Gasteiger partial charge in [0.25, 0.3) is 11.7 Å². The summed E-state index contributed by atoms with van der Waals surface area (Å²) in [6, 6.07) is 17.5. The molecule has 7 heteroatoms. The van der Waals surface area contributed by atoms with Crippen LogP contribution in [-0.2, 0) is 15.0 Å². The molecule has 0 bridgehead atoms. The molecule has 1 aliphatic rings. The Kier molecular flexibility index (Phi) is 6.32. The van der Waals surface area contributed by atoms with Crippen LogP contribution in [0.2, 0.25) is 5.02 Å². The van der Waals surface area contributed by atoms with E-state index in [1.807, 2.05) is 43.3 Å². The SMILES string of the molecule is COc1ccc(C(C)(C)C)cc1/C(O)=C1\C(=O)C(=O)N(c2ccc(C)c(Cl)c2)C1c1c[nH]c2ccccc12. The van der Waals surface area contributed by atoms with Crippen LogP contribution < -0.4 is 9.64 Å². The predicted molar refractivity (Wildman–Crippen MR) is 151 cm³/mol. The number of fused-ring (bicyclic) bond motifs is 1. The number of ketones is 1. The molecule has 4 aromatic rings. The van der Waals surface area contributed by atoms with Gasteiger partial charge in [0.15, 0.2) is 0 Å². The van der Waals surface area contributed by atoms with Crippen LogP contribution in [0.25, 0.3) is 16.7 Å². The first-order valence-electron chi connectivity index (χ1n) is 12.3. The Labute approximate surface area is 226 Å². The number of aryl methyl sites for hydroxylation is 1. The molecule has 38 heavy (non-hydrogen) atoms. The maximum atomic E-state index is 13.7. The molecule has 0 spiro atoms. The Balaban J connectivity index is 1.81. The highest BCUT2D eigenvalue weighted by atomic mass is 35.5. The van der Waals surface area contributed by atoms with Crippen molar-refractivity contribution in [2.75, 3.05) is 12.0 Å². The minimum atomic E-state index is -0.895. The van der Waals surface area contributed by atoms with Gasteiger partial charge in [-0.05, 0) is 53.8 Å². The number of Topliss-reactive ketones (excluding diaryl/α,β-unsaturated/α-hetero) is 1. The van der Waals surface area contributed by atoms with E-state index < -0.39 is 17.7 Å². The first kappa shape index (κ1) is 25.6. The van der Waals surface area contributed by atoms with Crippen LogP contribution in [-0.4, -0.2) is 28.9 Å². The van der Waals surface area contributed by atoms with Gasteiger partial charge < -0.3 is 14.8 Å². The third-order valence-corrected chi connectivity index (χ3v) is 7.52. The molecule has 3 aromatic carbocycles. The monoisotopic (exact) mass is 528 g/mol. The normalized spacial score (nSPS) is 17.4. The molecule has 1 saturated heterocycles. The maximum absolute atomic E-state index is 13.7. The Morgan fingerprint density at radius 3 is 2.47 bits per heavy atom. The number of aliphatic hydroxyl groups is 1. The number of hydrogen-bond acceptors (Lipinski definition) is 4. The van der Waals surface area contributed by atoms with Crippen molar-refractivity contribution in [3.63, 3.8) is 0 Å². The lowest BCUT2D eigenvalue weighted by Crippen LogP contribution is -2.29. The summed E-state index contributed by atoms with van der Waals surface area (Å²) in [5, 5.41) is 13.1. The number of aliphatic hydroxyl groups excluding tert-OH is 1. The molecule has 1 unspecified atom stereocenters. The number of H-pyrrole nitrogens is 1. The van der Waals surface area contributed by atoms with Crippen LogP contribution in [0, 0.1) is 6.92 Å². The van der Waals surface area contributed by atoms with Crippen molar-refractivity contribution in [1.29, 1.82) is 0 Å². The quantitative estimate of drug-likeness (QED) is 0.169. The number of carbonyl (C=O) groups excluding carboxylic acids is 2. The molecular weight excluding hydrogens is 500 g/mol. The van der Waals surface area contributed by atoms with Gasteiger partial charge in [-0.2, -0.15) is 0 Å². The molecule has 6 nitrogen and oxygen atoms in total. The van der Waals surface area contributed by atoms with Crippen LogP contribution in [0.4, 0.5) is 5.69 Å². The van der Waals surface area contributed by atoms with E-state index >= 15 is 0 Å². The van der Waals surface area contributed by atoms with Gasteiger partial charge >= 0.3 is 0 Å². The number of aromatic nitrogens is 1. The van der Waals surface area contributed by atoms with Crippen molar-refractivity contribution >= 4 is 45.6 Å². The lowest BCUT2D eigenvalue weighted by Gasteiger charge is -2.26. The Morgan fingerprint density at radius 2 is 1.79 bits per heavy atom. The predicted octanol–water partition coefficient (Wildman–Crippen LogP) is 7.06. The largest absolute Gasteiger partial charge is 0.507 e. The summed E-state index contributed by atoms with van der Waals surface area (Å²) < 4.78 is 5.56. The summed E-state index contributed by atoms with van der Waals surface area (Å²) in [7, 11) is 1.51. The van der Waals surface area contributed by atoms with Crippen LogP contribution >= 0.6 is 11.6 Å². The van der Waals surface area contributed by atoms with E-state index in [-0.39, 0.29) is 16.7 Å². The molecule has 1 aromatic heterocycles. The molecule has 194 valence electrons. The van der Waals surface area contributed by atoms with Crippen molar-refractivity contribution in [3.05, 3.63) is 99.7 Å². The number of aromatic amines is 1. The Bertz CT molecular complexity index is 1630. The van der Waals surface area contributed by atoms with Gasteiger partial charge in [-0.25, -0.2) is 0 Å². The summed E-state index contributed by atoms with van der Waals surface area (Å²) >= 11 is 6.43. The summed E-state index contributed by atoms with van der Waals surface area (Å²) in [6.45, 7) is 8.05. The minimum Gasteiger partial charge on any atom is -0.507 e. The molecule has 0 aliphatic carbocycles. The van der Waals surface area contributed by atoms with Crippen molar-refractivity contribution in [2.24, 2.45) is 0 Å². The summed E-state index contributed by atoms with van der Waals surface area (Å²) in [5.41, 5.74) is 3.91. The lowest BCUT2D eigenvalue weighted by molar-refractivity contribution is -0.132. The van der Waals surface area contributed by atoms with E-state index in [2.05, 4.69) is 25.8 Å². The van der Waals surface area contributed by atoms with Gasteiger partial charge in [-0.3, -0.25) is 14.5 Å². The highest BCUT2D eigenvalue weighted by molar-refractivity contribution is 6.52. The number of rotatable bonds is 4. The van der Waals surface area contributed by atoms with Crippen molar-refractivity contribution in [3.8, 4) is 5.75 Å². The number of methoxy groups -OCH3 is 1. The van der Waals surface area contributed by atoms with Gasteiger partial charge in [-0.1, -0.05) is 62.7 Å². The van der Waals surface area contributed by atoms with Crippen LogP contribution in [0.15, 0.2) is 72.4 Å². The van der Waals surface area contributed by atoms with Gasteiger partial charge in [0.1, 0.15) is 11.5 Å². The van der Waals surface area contributed by atoms with E-state index in [4.69, 9.17) is 16.3 Å². The first-order chi connectivity index (χ1) is 18.0. The number of nitrogens with one attached hydrogen (secondary N) is 1. The fourth-order valence-corrected chi connectivity index (χ4v) is 5.12. The zero-order valence-corrected chi connectivity index (χ0v) is 22.7. The van der Waals surface area contributed by atoms with Gasteiger partial charge in [-0.15, -0.1) is 0 Å². The zero-order chi connectivity index (χ0) is 27.4. The summed E-state index contributed by atoms with van der Waals surface area (Å²) in [5.74, 6) is -1.41. The molecule has 2 heterocycles. The van der Waals surface area contributed by atoms with Crippen LogP contribution in [0.5, 0.6) is 5.75 Å². The molecule has 5 rings (SSSR count). The lowest BCUT2D eigenvalue weighted by atomic mass is 9.85. The number of nitrogens with zero attached hydrogens (tertiary/aromatic N) is 1. The molecule has 1 fully saturated rings. The average Bonchev–Trinajstić information content (AvgIpc) is 3.43. The fourth-order valence-electron chi connectivity index (χ4n) is 4.95. The topological polar surface area (TPSA) is 82.6 Å². The third kappa shape index (κ3) is 4.15. The third-order valence-electron chi connectivity index (χ3n) is 7.11. The first-order valence-corrected chi connectivity index (χ1v) is 12.7. The zero-order valence-electron chi connectivity index (χ0n) is 21.9. The number of carbonyl (C=O) groups is 2. The van der Waals surface area contributed by atoms with E-state index in [0.29, 0.717) is 27.6 Å². The fraction of sp³-hybridized carbons (Fsp3) is 0.226. The standard InChI is InChI=1S/C31H29ClN2O4/c1-17-10-12-19(15-23(17)32)34-27(22-16-33-24-9-7-6-8-20(22)24)26(29(36)30(34)37)28(35)21-14-18(31(2,3)4)11-13-25(21)38-5/h6-16,27,33,35H,1-5H3/b28-26+. The maximum Gasteiger partial charge on any atom is 0.300 e. The van der Waals surface area contributed by atoms with Crippen molar-refractivity contribution < 1.29 is 19.4 Å². The van der Waals surface area contributed by atoms with Crippen LogP contribution in [0.3, 0.4) is 0 Å². The van der Waals surface area contributed by atoms with Crippen molar-refractivity contribution in [1.82, 2.24) is 4.98 Å². The molecule has 2 N–H and O–H groups in total. The molecule has 1 aliphatic heterocycles. The van der Waals surface area contributed by atoms with Gasteiger partial charge in [0, 0.05) is 33.4 Å². The average molecular weight is 529 g/mol. The second-order valence-corrected chi connectivity index (χ2v) is 11.0. The number of hydrogen-bond donors (Lipinski definition) is 2. The minimum absolute atomic E-state index is 0.0131. The van der Waals surface area contributed by atoms with E-state index in [9.17, 15) is 14.7 Å². The Hall–Kier alpha value is -4.03. The molecule has 1 amide bonds. The second kappa shape index (κ2) is 9.37. The number of ether oxygens (including phenoxy) is 1. The Morgan fingerprint density at radius 1 is 1.05 bits per heavy atom. The van der Waals surface area contributed by atoms with E-state index in [0.717, 1.165) is 22.0 Å². The molecule has 0 radical (unpaired) electrons. The highest BCUT2D eigenvalue weighted by Crippen LogP contribution is 2.46. The smallest absolute Gasteiger partial charge is 0.300 e. The second-order valence-electron chi connectivity index (χ2n) is 10.6. The molecule has 0 saturated carbocycles. The van der Waals surface area contributed by atoms with E-state index in [1.165, 1.54) is 12.0 Å². The molecular formula is C31H29ClN2O4. The number of halogens is 1. The van der Waals surface area contributed by atoms with Gasteiger partial charge in [0.2, 0.25) is 0 Å². The van der Waals surface area contributed by atoms with Gasteiger partial charge in [0.05, 0.1) is 24.3 Å². The number of para-hydroxylation sites is 1.